The summed E-state index contributed by atoms with van der Waals surface area (Å²) in [6.07, 6.45) is 2.45. The lowest BCUT2D eigenvalue weighted by molar-refractivity contribution is -0.149. The van der Waals surface area contributed by atoms with Crippen LogP contribution >= 0.6 is 11.8 Å². The maximum absolute atomic E-state index is 11.5. The van der Waals surface area contributed by atoms with Gasteiger partial charge in [-0.15, -0.1) is 6.58 Å². The lowest BCUT2D eigenvalue weighted by atomic mass is 10.2. The first-order valence-corrected chi connectivity index (χ1v) is 4.62. The third-order valence-corrected chi connectivity index (χ3v) is 2.75. The number of hydrogen-bond donors (Lipinski definition) is 0. The fourth-order valence-corrected chi connectivity index (χ4v) is 1.79. The largest absolute Gasteiger partial charge is 0.465 e. The number of esters is 1. The number of likely N-dealkylation sites (N-methyl/N-ethyl adjacent to an activating group) is 1. The first-order chi connectivity index (χ1) is 6.09. The summed E-state index contributed by atoms with van der Waals surface area (Å²) < 4.78 is 6.35. The normalized spacial score (nSPS) is 31.5. The molecule has 0 aliphatic heterocycles. The molecule has 0 aromatic heterocycles. The third-order valence-electron chi connectivity index (χ3n) is 2.45. The summed E-state index contributed by atoms with van der Waals surface area (Å²) in [5.41, 5.74) is -0.653. The van der Waals surface area contributed by atoms with Crippen molar-refractivity contribution in [3.8, 4) is 0 Å². The Morgan fingerprint density at radius 2 is 2.54 bits per heavy atom. The van der Waals surface area contributed by atoms with Crippen LogP contribution < -0.4 is 0 Å². The van der Waals surface area contributed by atoms with Crippen molar-refractivity contribution in [2.24, 2.45) is 5.92 Å². The highest BCUT2D eigenvalue weighted by atomic mass is 35.5. The van der Waals surface area contributed by atoms with Crippen LogP contribution in [0.1, 0.15) is 13.3 Å². The number of carbonyl (C=O) groups excluding carboxylic acids is 1. The van der Waals surface area contributed by atoms with Crippen molar-refractivity contribution in [2.75, 3.05) is 13.7 Å². The van der Waals surface area contributed by atoms with E-state index in [0.717, 1.165) is 0 Å². The summed E-state index contributed by atoms with van der Waals surface area (Å²) in [4.78, 5) is 11.5. The van der Waals surface area contributed by atoms with Crippen LogP contribution in [-0.4, -0.2) is 29.6 Å². The molecule has 74 valence electrons. The lowest BCUT2D eigenvalue weighted by Gasteiger charge is -2.19. The van der Waals surface area contributed by atoms with Gasteiger partial charge in [-0.2, -0.15) is 0 Å². The van der Waals surface area contributed by atoms with Gasteiger partial charge in [0.25, 0.3) is 0 Å². The molecule has 1 aliphatic carbocycles. The van der Waals surface area contributed by atoms with Gasteiger partial charge in [-0.05, 0) is 25.1 Å². The molecule has 0 amide bonds. The molecule has 2 unspecified atom stereocenters. The van der Waals surface area contributed by atoms with Gasteiger partial charge in [-0.1, -0.05) is 6.08 Å². The van der Waals surface area contributed by atoms with E-state index >= 15 is 0 Å². The molecule has 0 bridgehead atoms. The second kappa shape index (κ2) is 3.68. The van der Waals surface area contributed by atoms with Gasteiger partial charge < -0.3 is 4.74 Å². The van der Waals surface area contributed by atoms with Gasteiger partial charge in [0.1, 0.15) is 5.54 Å². The number of ether oxygens (including phenoxy) is 1. The smallest absolute Gasteiger partial charge is 0.328 e. The summed E-state index contributed by atoms with van der Waals surface area (Å²) in [7, 11) is 1.67. The number of nitrogens with zero attached hydrogens (tertiary/aromatic N) is 1. The van der Waals surface area contributed by atoms with E-state index in [0.29, 0.717) is 13.0 Å². The van der Waals surface area contributed by atoms with E-state index in [9.17, 15) is 4.79 Å². The summed E-state index contributed by atoms with van der Waals surface area (Å²) >= 11 is 5.82. The zero-order valence-corrected chi connectivity index (χ0v) is 8.67. The first kappa shape index (κ1) is 10.5. The Bertz CT molecular complexity index is 230. The van der Waals surface area contributed by atoms with Gasteiger partial charge in [-0.25, -0.2) is 9.21 Å². The van der Waals surface area contributed by atoms with Crippen molar-refractivity contribution in [3.05, 3.63) is 12.7 Å². The molecule has 0 saturated heterocycles. The summed E-state index contributed by atoms with van der Waals surface area (Å²) in [6, 6.07) is 0. The van der Waals surface area contributed by atoms with Crippen molar-refractivity contribution in [3.63, 3.8) is 0 Å². The average molecular weight is 204 g/mol. The van der Waals surface area contributed by atoms with E-state index in [2.05, 4.69) is 6.58 Å². The molecular weight excluding hydrogens is 190 g/mol. The van der Waals surface area contributed by atoms with Crippen molar-refractivity contribution in [1.82, 2.24) is 4.42 Å². The SMILES string of the molecule is C=CC1CC1(C(=O)OCC)N(C)Cl. The zero-order chi connectivity index (χ0) is 10.1. The monoisotopic (exact) mass is 203 g/mol. The van der Waals surface area contributed by atoms with Crippen LogP contribution in [0.5, 0.6) is 0 Å². The Hall–Kier alpha value is -0.540. The number of carbonyl (C=O) groups is 1. The van der Waals surface area contributed by atoms with Crippen molar-refractivity contribution in [2.45, 2.75) is 18.9 Å². The number of hydrogen-bond acceptors (Lipinski definition) is 3. The molecule has 4 heteroatoms. The van der Waals surface area contributed by atoms with Crippen LogP contribution in [0.3, 0.4) is 0 Å². The fourth-order valence-electron chi connectivity index (χ4n) is 1.53. The molecule has 3 nitrogen and oxygen atoms in total. The minimum absolute atomic E-state index is 0.119. The molecular formula is C9H14ClNO2. The van der Waals surface area contributed by atoms with Crippen LogP contribution in [-0.2, 0) is 9.53 Å². The molecule has 13 heavy (non-hydrogen) atoms. The number of halogens is 1. The van der Waals surface area contributed by atoms with Gasteiger partial charge in [0.05, 0.1) is 6.61 Å². The minimum atomic E-state index is -0.653. The molecule has 2 atom stereocenters. The summed E-state index contributed by atoms with van der Waals surface area (Å²) in [6.45, 7) is 5.82. The maximum atomic E-state index is 11.5. The zero-order valence-electron chi connectivity index (χ0n) is 7.92. The van der Waals surface area contributed by atoms with E-state index in [1.54, 1.807) is 20.0 Å². The molecule has 0 aromatic carbocycles. The van der Waals surface area contributed by atoms with Crippen molar-refractivity contribution in [1.29, 1.82) is 0 Å². The van der Waals surface area contributed by atoms with Crippen molar-refractivity contribution < 1.29 is 9.53 Å². The predicted octanol–water partition coefficient (Wildman–Crippen LogP) is 1.58. The Labute approximate surface area is 83.4 Å². The Balaban J connectivity index is 2.71. The van der Waals surface area contributed by atoms with Crippen LogP contribution in [0.4, 0.5) is 0 Å². The Kier molecular flexibility index (Phi) is 2.98. The minimum Gasteiger partial charge on any atom is -0.465 e. The van der Waals surface area contributed by atoms with Gasteiger partial charge in [0.15, 0.2) is 0 Å². The Morgan fingerprint density at radius 3 is 2.85 bits per heavy atom. The van der Waals surface area contributed by atoms with E-state index in [-0.39, 0.29) is 11.9 Å². The van der Waals surface area contributed by atoms with Gasteiger partial charge in [-0.3, -0.25) is 0 Å². The van der Waals surface area contributed by atoms with Crippen LogP contribution in [0, 0.1) is 5.92 Å². The molecule has 0 radical (unpaired) electrons. The standard InChI is InChI=1S/C9H14ClNO2/c1-4-7-6-9(7,11(3)10)8(12)13-5-2/h4,7H,1,5-6H2,2-3H3. The van der Waals surface area contributed by atoms with Gasteiger partial charge in [0.2, 0.25) is 0 Å². The van der Waals surface area contributed by atoms with Crippen LogP contribution in [0.15, 0.2) is 12.7 Å². The van der Waals surface area contributed by atoms with Crippen molar-refractivity contribution >= 4 is 17.7 Å². The number of rotatable bonds is 4. The highest BCUT2D eigenvalue weighted by Crippen LogP contribution is 2.50. The maximum Gasteiger partial charge on any atom is 0.328 e. The molecule has 1 rings (SSSR count). The van der Waals surface area contributed by atoms with E-state index in [4.69, 9.17) is 16.5 Å². The second-order valence-electron chi connectivity index (χ2n) is 3.17. The molecule has 1 saturated carbocycles. The lowest BCUT2D eigenvalue weighted by Crippen LogP contribution is -2.38. The van der Waals surface area contributed by atoms with Crippen LogP contribution in [0.25, 0.3) is 0 Å². The molecule has 1 fully saturated rings. The fraction of sp³-hybridized carbons (Fsp3) is 0.667. The molecule has 0 aromatic rings. The molecule has 0 N–H and O–H groups in total. The quantitative estimate of drug-likeness (QED) is 0.395. The first-order valence-electron chi connectivity index (χ1n) is 4.29. The van der Waals surface area contributed by atoms with E-state index < -0.39 is 5.54 Å². The third kappa shape index (κ3) is 1.58. The van der Waals surface area contributed by atoms with E-state index in [1.165, 1.54) is 4.42 Å². The molecule has 0 heterocycles. The topological polar surface area (TPSA) is 29.5 Å². The summed E-state index contributed by atoms with van der Waals surface area (Å²) in [5.74, 6) is -0.133. The highest BCUT2D eigenvalue weighted by molar-refractivity contribution is 6.16. The highest BCUT2D eigenvalue weighted by Gasteiger charge is 2.62. The molecule has 0 spiro atoms. The van der Waals surface area contributed by atoms with E-state index in [1.807, 2.05) is 0 Å². The molecule has 1 aliphatic rings. The summed E-state index contributed by atoms with van der Waals surface area (Å²) in [5, 5.41) is 0. The Morgan fingerprint density at radius 1 is 1.92 bits per heavy atom. The van der Waals surface area contributed by atoms with Crippen LogP contribution in [0.2, 0.25) is 0 Å². The average Bonchev–Trinajstić information content (AvgIpc) is 2.79. The second-order valence-corrected chi connectivity index (χ2v) is 3.68. The predicted molar refractivity (Wildman–Crippen MR) is 51.3 cm³/mol. The van der Waals surface area contributed by atoms with Gasteiger partial charge in [0, 0.05) is 13.0 Å². The van der Waals surface area contributed by atoms with Gasteiger partial charge >= 0.3 is 5.97 Å².